The van der Waals surface area contributed by atoms with Crippen LogP contribution in [0.15, 0.2) is 48.0 Å². The van der Waals surface area contributed by atoms with Crippen molar-refractivity contribution in [3.8, 4) is 5.75 Å². The minimum Gasteiger partial charge on any atom is -0.461 e. The molecule has 1 aromatic carbocycles. The lowest BCUT2D eigenvalue weighted by atomic mass is 10.00. The molecule has 0 saturated heterocycles. The molecule has 3 rings (SSSR count). The highest BCUT2D eigenvalue weighted by molar-refractivity contribution is 5.94. The van der Waals surface area contributed by atoms with Crippen LogP contribution < -0.4 is 10.1 Å². The van der Waals surface area contributed by atoms with Gasteiger partial charge in [0.2, 0.25) is 0 Å². The van der Waals surface area contributed by atoms with Crippen molar-refractivity contribution >= 4 is 5.91 Å². The number of fused-ring (bicyclic) bond motifs is 1. The number of hydrogen-bond donors (Lipinski definition) is 2. The van der Waals surface area contributed by atoms with E-state index in [1.807, 2.05) is 31.2 Å². The van der Waals surface area contributed by atoms with Crippen LogP contribution in [0.25, 0.3) is 0 Å². The Morgan fingerprint density at radius 2 is 2.30 bits per heavy atom. The van der Waals surface area contributed by atoms with Crippen molar-refractivity contribution in [1.82, 2.24) is 15.3 Å². The third-order valence-corrected chi connectivity index (χ3v) is 3.27. The molecule has 2 N–H and O–H groups in total. The first-order valence-corrected chi connectivity index (χ1v) is 6.46. The number of para-hydroxylation sites is 1. The van der Waals surface area contributed by atoms with Crippen molar-refractivity contribution in [3.63, 3.8) is 0 Å². The van der Waals surface area contributed by atoms with Crippen LogP contribution in [0.3, 0.4) is 0 Å². The van der Waals surface area contributed by atoms with Crippen LogP contribution in [0.2, 0.25) is 0 Å². The quantitative estimate of drug-likeness (QED) is 0.894. The van der Waals surface area contributed by atoms with E-state index in [-0.39, 0.29) is 5.91 Å². The summed E-state index contributed by atoms with van der Waals surface area (Å²) in [5.41, 5.74) is 1.69. The Balaban J connectivity index is 1.72. The van der Waals surface area contributed by atoms with Crippen LogP contribution in [0.5, 0.6) is 5.75 Å². The Bertz CT molecular complexity index is 660. The Labute approximate surface area is 116 Å². The number of carbonyl (C=O) groups is 1. The molecule has 0 aliphatic carbocycles. The second kappa shape index (κ2) is 5.21. The maximum absolute atomic E-state index is 12.2. The van der Waals surface area contributed by atoms with E-state index in [0.717, 1.165) is 17.1 Å². The third-order valence-electron chi connectivity index (χ3n) is 3.27. The first kappa shape index (κ1) is 12.5. The fraction of sp³-hybridized carbons (Fsp3) is 0.200. The van der Waals surface area contributed by atoms with Gasteiger partial charge >= 0.3 is 0 Å². The van der Waals surface area contributed by atoms with E-state index in [2.05, 4.69) is 15.3 Å². The summed E-state index contributed by atoms with van der Waals surface area (Å²) >= 11 is 0. The number of hydrogen-bond acceptors (Lipinski definition) is 3. The van der Waals surface area contributed by atoms with Gasteiger partial charge in [0, 0.05) is 18.8 Å². The number of H-pyrrole nitrogens is 1. The van der Waals surface area contributed by atoms with Gasteiger partial charge in [0.25, 0.3) is 5.91 Å². The molecule has 2 heterocycles. The van der Waals surface area contributed by atoms with Gasteiger partial charge in [-0.05, 0) is 18.6 Å². The zero-order valence-corrected chi connectivity index (χ0v) is 11.1. The average molecular weight is 269 g/mol. The number of imidazole rings is 1. The molecule has 2 aromatic rings. The molecule has 1 aliphatic rings. The van der Waals surface area contributed by atoms with Gasteiger partial charge in [0.05, 0.1) is 12.1 Å². The molecule has 1 amide bonds. The van der Waals surface area contributed by atoms with E-state index < -0.39 is 0 Å². The average Bonchev–Trinajstić information content (AvgIpc) is 2.97. The van der Waals surface area contributed by atoms with Crippen molar-refractivity contribution < 1.29 is 9.53 Å². The molecular formula is C15H15N3O2. The van der Waals surface area contributed by atoms with E-state index in [9.17, 15) is 4.79 Å². The number of aromatic amines is 1. The molecular weight excluding hydrogens is 254 g/mol. The highest BCUT2D eigenvalue weighted by Gasteiger charge is 2.21. The van der Waals surface area contributed by atoms with Crippen LogP contribution in [0.4, 0.5) is 0 Å². The topological polar surface area (TPSA) is 67.0 Å². The molecule has 5 nitrogen and oxygen atoms in total. The van der Waals surface area contributed by atoms with Crippen molar-refractivity contribution in [2.24, 2.45) is 0 Å². The summed E-state index contributed by atoms with van der Waals surface area (Å²) < 4.78 is 5.70. The lowest BCUT2D eigenvalue weighted by molar-refractivity contribution is -0.118. The van der Waals surface area contributed by atoms with Crippen molar-refractivity contribution in [1.29, 1.82) is 0 Å². The SMILES string of the molecule is CC1=C(C(=O)NCc2ncc[nH]2)Cc2ccccc2O1. The summed E-state index contributed by atoms with van der Waals surface area (Å²) in [5, 5.41) is 2.85. The van der Waals surface area contributed by atoms with E-state index >= 15 is 0 Å². The van der Waals surface area contributed by atoms with Gasteiger partial charge in [-0.1, -0.05) is 18.2 Å². The highest BCUT2D eigenvalue weighted by atomic mass is 16.5. The number of aromatic nitrogens is 2. The minimum absolute atomic E-state index is 0.117. The molecule has 0 unspecified atom stereocenters. The number of nitrogens with zero attached hydrogens (tertiary/aromatic N) is 1. The number of benzene rings is 1. The van der Waals surface area contributed by atoms with Gasteiger partial charge in [-0.3, -0.25) is 4.79 Å². The maximum Gasteiger partial charge on any atom is 0.251 e. The second-order valence-corrected chi connectivity index (χ2v) is 4.64. The summed E-state index contributed by atoms with van der Waals surface area (Å²) in [7, 11) is 0. The van der Waals surface area contributed by atoms with Gasteiger partial charge in [-0.25, -0.2) is 4.98 Å². The van der Waals surface area contributed by atoms with Crippen molar-refractivity contribution in [2.75, 3.05) is 0 Å². The molecule has 102 valence electrons. The lowest BCUT2D eigenvalue weighted by Crippen LogP contribution is -2.28. The molecule has 0 radical (unpaired) electrons. The lowest BCUT2D eigenvalue weighted by Gasteiger charge is -2.20. The third kappa shape index (κ3) is 2.42. The normalized spacial score (nSPS) is 13.7. The van der Waals surface area contributed by atoms with Crippen LogP contribution in [-0.2, 0) is 17.8 Å². The maximum atomic E-state index is 12.2. The number of carbonyl (C=O) groups excluding carboxylic acids is 1. The summed E-state index contributed by atoms with van der Waals surface area (Å²) in [6, 6.07) is 7.76. The van der Waals surface area contributed by atoms with Crippen molar-refractivity contribution in [2.45, 2.75) is 19.9 Å². The van der Waals surface area contributed by atoms with Crippen LogP contribution in [-0.4, -0.2) is 15.9 Å². The second-order valence-electron chi connectivity index (χ2n) is 4.64. The van der Waals surface area contributed by atoms with Gasteiger partial charge in [0.1, 0.15) is 17.3 Å². The standard InChI is InChI=1S/C15H15N3O2/c1-10-12(8-11-4-2-3-5-13(11)20-10)15(19)18-9-14-16-6-7-17-14/h2-7H,8-9H2,1H3,(H,16,17)(H,18,19). The molecule has 1 aromatic heterocycles. The first-order chi connectivity index (χ1) is 9.74. The Morgan fingerprint density at radius 3 is 3.10 bits per heavy atom. The van der Waals surface area contributed by atoms with Crippen LogP contribution in [0.1, 0.15) is 18.3 Å². The monoisotopic (exact) mass is 269 g/mol. The fourth-order valence-electron chi connectivity index (χ4n) is 2.20. The first-order valence-electron chi connectivity index (χ1n) is 6.46. The molecule has 5 heteroatoms. The number of amides is 1. The molecule has 0 atom stereocenters. The molecule has 20 heavy (non-hydrogen) atoms. The van der Waals surface area contributed by atoms with E-state index in [0.29, 0.717) is 24.3 Å². The van der Waals surface area contributed by atoms with Crippen LogP contribution in [0, 0.1) is 0 Å². The molecule has 0 spiro atoms. The van der Waals surface area contributed by atoms with Crippen LogP contribution >= 0.6 is 0 Å². The zero-order valence-electron chi connectivity index (χ0n) is 11.1. The number of ether oxygens (including phenoxy) is 1. The molecule has 0 bridgehead atoms. The highest BCUT2D eigenvalue weighted by Crippen LogP contribution is 2.29. The zero-order chi connectivity index (χ0) is 13.9. The Morgan fingerprint density at radius 1 is 1.45 bits per heavy atom. The summed E-state index contributed by atoms with van der Waals surface area (Å²) in [4.78, 5) is 19.2. The minimum atomic E-state index is -0.117. The summed E-state index contributed by atoms with van der Waals surface area (Å²) in [5.74, 6) is 2.09. The number of rotatable bonds is 3. The number of allylic oxidation sites excluding steroid dienone is 1. The van der Waals surface area contributed by atoms with Gasteiger partial charge in [-0.2, -0.15) is 0 Å². The van der Waals surface area contributed by atoms with Gasteiger partial charge in [-0.15, -0.1) is 0 Å². The predicted octanol–water partition coefficient (Wildman–Crippen LogP) is 1.94. The van der Waals surface area contributed by atoms with Gasteiger partial charge < -0.3 is 15.0 Å². The van der Waals surface area contributed by atoms with Gasteiger partial charge in [0.15, 0.2) is 0 Å². The largest absolute Gasteiger partial charge is 0.461 e. The molecule has 1 aliphatic heterocycles. The van der Waals surface area contributed by atoms with Crippen molar-refractivity contribution in [3.05, 3.63) is 59.4 Å². The Hall–Kier alpha value is -2.56. The Kier molecular flexibility index (Phi) is 3.25. The number of nitrogens with one attached hydrogen (secondary N) is 2. The molecule has 0 fully saturated rings. The predicted molar refractivity (Wildman–Crippen MR) is 73.9 cm³/mol. The smallest absolute Gasteiger partial charge is 0.251 e. The fourth-order valence-corrected chi connectivity index (χ4v) is 2.20. The van der Waals surface area contributed by atoms with E-state index in [1.54, 1.807) is 12.4 Å². The summed E-state index contributed by atoms with van der Waals surface area (Å²) in [6.07, 6.45) is 3.98. The van der Waals surface area contributed by atoms with E-state index in [4.69, 9.17) is 4.74 Å². The summed E-state index contributed by atoms with van der Waals surface area (Å²) in [6.45, 7) is 2.20. The molecule has 0 saturated carbocycles. The van der Waals surface area contributed by atoms with E-state index in [1.165, 1.54) is 0 Å².